The van der Waals surface area contributed by atoms with Gasteiger partial charge in [0.15, 0.2) is 11.6 Å². The second-order valence-electron chi connectivity index (χ2n) is 4.79. The minimum absolute atomic E-state index is 0.127. The van der Waals surface area contributed by atoms with Gasteiger partial charge in [0.1, 0.15) is 0 Å². The predicted octanol–water partition coefficient (Wildman–Crippen LogP) is 3.20. The van der Waals surface area contributed by atoms with Gasteiger partial charge in [-0.2, -0.15) is 0 Å². The molecular weight excluding hydrogens is 426 g/mol. The summed E-state index contributed by atoms with van der Waals surface area (Å²) >= 11 is 2.05. The zero-order chi connectivity index (χ0) is 17.5. The fourth-order valence-corrected chi connectivity index (χ4v) is 2.59. The molecule has 0 fully saturated rings. The van der Waals surface area contributed by atoms with Gasteiger partial charge in [-0.15, -0.1) is 0 Å². The molecule has 2 aromatic rings. The van der Waals surface area contributed by atoms with Crippen molar-refractivity contribution in [3.63, 3.8) is 0 Å². The maximum absolute atomic E-state index is 13.7. The molecule has 0 aliphatic rings. The highest BCUT2D eigenvalue weighted by atomic mass is 127. The highest BCUT2D eigenvalue weighted by Crippen LogP contribution is 2.21. The highest BCUT2D eigenvalue weighted by molar-refractivity contribution is 14.1. The highest BCUT2D eigenvalue weighted by Gasteiger charge is 2.11. The Balaban J connectivity index is 1.91. The molecule has 0 bridgehead atoms. The van der Waals surface area contributed by atoms with Crippen LogP contribution in [-0.4, -0.2) is 25.0 Å². The average molecular weight is 442 g/mol. The van der Waals surface area contributed by atoms with Gasteiger partial charge in [0.2, 0.25) is 5.91 Å². The first kappa shape index (κ1) is 18.2. The van der Waals surface area contributed by atoms with E-state index < -0.39 is 11.7 Å². The summed E-state index contributed by atoms with van der Waals surface area (Å²) in [6, 6.07) is 11.2. The van der Waals surface area contributed by atoms with Crippen molar-refractivity contribution in [3.05, 3.63) is 57.4 Å². The van der Waals surface area contributed by atoms with Crippen molar-refractivity contribution in [3.8, 4) is 5.75 Å². The molecule has 2 N–H and O–H groups in total. The topological polar surface area (TPSA) is 67.4 Å². The van der Waals surface area contributed by atoms with E-state index in [1.54, 1.807) is 25.1 Å². The Morgan fingerprint density at radius 3 is 2.62 bits per heavy atom. The van der Waals surface area contributed by atoms with Gasteiger partial charge in [0, 0.05) is 15.3 Å². The lowest BCUT2D eigenvalue weighted by Crippen LogP contribution is -2.33. The van der Waals surface area contributed by atoms with Crippen molar-refractivity contribution < 1.29 is 18.7 Å². The van der Waals surface area contributed by atoms with Crippen LogP contribution in [0.4, 0.5) is 10.1 Å². The summed E-state index contributed by atoms with van der Waals surface area (Å²) in [5.74, 6) is -1.22. The Hall–Kier alpha value is -2.16. The standard InChI is InChI=1S/C17H16FIN2O3/c1-2-24-15-8-7-11(9-13(15)18)21-16(22)10-20-17(23)12-5-3-4-6-14(12)19/h3-9H,2,10H2,1H3,(H,20,23)(H,21,22). The maximum atomic E-state index is 13.7. The predicted molar refractivity (Wildman–Crippen MR) is 97.7 cm³/mol. The van der Waals surface area contributed by atoms with Gasteiger partial charge >= 0.3 is 0 Å². The molecular formula is C17H16FIN2O3. The van der Waals surface area contributed by atoms with Crippen molar-refractivity contribution in [2.75, 3.05) is 18.5 Å². The number of nitrogens with one attached hydrogen (secondary N) is 2. The summed E-state index contributed by atoms with van der Waals surface area (Å²) in [4.78, 5) is 23.9. The SMILES string of the molecule is CCOc1ccc(NC(=O)CNC(=O)c2ccccc2I)cc1F. The largest absolute Gasteiger partial charge is 0.491 e. The van der Waals surface area contributed by atoms with E-state index in [0.717, 1.165) is 3.57 Å². The summed E-state index contributed by atoms with van der Waals surface area (Å²) in [5.41, 5.74) is 0.794. The molecule has 0 spiro atoms. The molecule has 0 radical (unpaired) electrons. The number of hydrogen-bond acceptors (Lipinski definition) is 3. The van der Waals surface area contributed by atoms with Gasteiger partial charge in [-0.1, -0.05) is 12.1 Å². The fourth-order valence-electron chi connectivity index (χ4n) is 1.96. The minimum atomic E-state index is -0.558. The molecule has 0 aliphatic carbocycles. The third-order valence-electron chi connectivity index (χ3n) is 3.04. The van der Waals surface area contributed by atoms with E-state index in [1.807, 2.05) is 28.7 Å². The van der Waals surface area contributed by atoms with E-state index in [4.69, 9.17) is 4.74 Å². The Kier molecular flexibility index (Phi) is 6.53. The van der Waals surface area contributed by atoms with Crippen molar-refractivity contribution >= 4 is 40.1 Å². The third-order valence-corrected chi connectivity index (χ3v) is 3.98. The maximum Gasteiger partial charge on any atom is 0.252 e. The molecule has 0 unspecified atom stereocenters. The zero-order valence-electron chi connectivity index (χ0n) is 12.9. The van der Waals surface area contributed by atoms with E-state index in [2.05, 4.69) is 10.6 Å². The van der Waals surface area contributed by atoms with Crippen LogP contribution in [-0.2, 0) is 4.79 Å². The normalized spacial score (nSPS) is 10.1. The van der Waals surface area contributed by atoms with E-state index in [9.17, 15) is 14.0 Å². The first-order valence-electron chi connectivity index (χ1n) is 7.26. The molecule has 0 aromatic heterocycles. The second kappa shape index (κ2) is 8.62. The third kappa shape index (κ3) is 4.92. The Bertz CT molecular complexity index is 752. The van der Waals surface area contributed by atoms with Crippen LogP contribution < -0.4 is 15.4 Å². The molecule has 0 heterocycles. The number of halogens is 2. The molecule has 2 rings (SSSR count). The first-order valence-corrected chi connectivity index (χ1v) is 8.34. The molecule has 0 saturated carbocycles. The smallest absolute Gasteiger partial charge is 0.252 e. The molecule has 126 valence electrons. The average Bonchev–Trinajstić information content (AvgIpc) is 2.56. The summed E-state index contributed by atoms with van der Waals surface area (Å²) in [6.07, 6.45) is 0. The lowest BCUT2D eigenvalue weighted by molar-refractivity contribution is -0.115. The van der Waals surface area contributed by atoms with Crippen molar-refractivity contribution in [1.82, 2.24) is 5.32 Å². The molecule has 7 heteroatoms. The fraction of sp³-hybridized carbons (Fsp3) is 0.176. The van der Waals surface area contributed by atoms with E-state index in [1.165, 1.54) is 18.2 Å². The molecule has 5 nitrogen and oxygen atoms in total. The van der Waals surface area contributed by atoms with Crippen LogP contribution in [0, 0.1) is 9.39 Å². The molecule has 2 amide bonds. The van der Waals surface area contributed by atoms with Crippen LogP contribution in [0.15, 0.2) is 42.5 Å². The molecule has 0 atom stereocenters. The Morgan fingerprint density at radius 2 is 1.96 bits per heavy atom. The van der Waals surface area contributed by atoms with Gasteiger partial charge in [-0.05, 0) is 53.8 Å². The Morgan fingerprint density at radius 1 is 1.21 bits per heavy atom. The van der Waals surface area contributed by atoms with Crippen LogP contribution in [0.2, 0.25) is 0 Å². The molecule has 0 aliphatic heterocycles. The lowest BCUT2D eigenvalue weighted by Gasteiger charge is -2.09. The summed E-state index contributed by atoms with van der Waals surface area (Å²) < 4.78 is 19.6. The number of rotatable bonds is 6. The van der Waals surface area contributed by atoms with E-state index in [0.29, 0.717) is 17.9 Å². The monoisotopic (exact) mass is 442 g/mol. The lowest BCUT2D eigenvalue weighted by atomic mass is 10.2. The quantitative estimate of drug-likeness (QED) is 0.676. The summed E-state index contributed by atoms with van der Waals surface area (Å²) in [6.45, 7) is 1.90. The molecule has 2 aromatic carbocycles. The van der Waals surface area contributed by atoms with Crippen LogP contribution in [0.1, 0.15) is 17.3 Å². The van der Waals surface area contributed by atoms with Crippen LogP contribution in [0.3, 0.4) is 0 Å². The van der Waals surface area contributed by atoms with E-state index in [-0.39, 0.29) is 18.2 Å². The summed E-state index contributed by atoms with van der Waals surface area (Å²) in [7, 11) is 0. The molecule has 0 saturated heterocycles. The minimum Gasteiger partial charge on any atom is -0.491 e. The number of benzene rings is 2. The zero-order valence-corrected chi connectivity index (χ0v) is 15.1. The van der Waals surface area contributed by atoms with Crippen LogP contribution in [0.25, 0.3) is 0 Å². The van der Waals surface area contributed by atoms with Gasteiger partial charge in [-0.25, -0.2) is 4.39 Å². The van der Waals surface area contributed by atoms with Gasteiger partial charge < -0.3 is 15.4 Å². The van der Waals surface area contributed by atoms with Gasteiger partial charge in [0.25, 0.3) is 5.91 Å². The van der Waals surface area contributed by atoms with E-state index >= 15 is 0 Å². The van der Waals surface area contributed by atoms with Crippen LogP contribution >= 0.6 is 22.6 Å². The second-order valence-corrected chi connectivity index (χ2v) is 5.95. The van der Waals surface area contributed by atoms with Crippen molar-refractivity contribution in [2.24, 2.45) is 0 Å². The first-order chi connectivity index (χ1) is 11.5. The van der Waals surface area contributed by atoms with Crippen LogP contribution in [0.5, 0.6) is 5.75 Å². The van der Waals surface area contributed by atoms with Gasteiger partial charge in [0.05, 0.1) is 18.7 Å². The summed E-state index contributed by atoms with van der Waals surface area (Å²) in [5, 5.41) is 5.05. The Labute approximate surface area is 152 Å². The number of carbonyl (C=O) groups excluding carboxylic acids is 2. The number of ether oxygens (including phenoxy) is 1. The molecule has 24 heavy (non-hydrogen) atoms. The van der Waals surface area contributed by atoms with Crippen molar-refractivity contribution in [1.29, 1.82) is 0 Å². The van der Waals surface area contributed by atoms with Gasteiger partial charge in [-0.3, -0.25) is 9.59 Å². The van der Waals surface area contributed by atoms with Crippen molar-refractivity contribution in [2.45, 2.75) is 6.92 Å². The number of hydrogen-bond donors (Lipinski definition) is 2. The number of anilines is 1. The number of carbonyl (C=O) groups is 2. The number of amides is 2.